The van der Waals surface area contributed by atoms with Crippen LogP contribution in [0.15, 0.2) is 0 Å². The molecule has 0 fully saturated rings. The van der Waals surface area contributed by atoms with Crippen LogP contribution >= 0.6 is 12.6 Å². The number of carbonyl (C=O) groups is 1. The fourth-order valence-corrected chi connectivity index (χ4v) is 2.99. The molecule has 0 unspecified atom stereocenters. The second kappa shape index (κ2) is 25.5. The monoisotopic (exact) mass is 435 g/mol. The molecule has 0 aromatic heterocycles. The maximum Gasteiger partial charge on any atom is 0.407 e. The van der Waals surface area contributed by atoms with Crippen LogP contribution < -0.4 is 5.32 Å². The predicted molar refractivity (Wildman–Crippen MR) is 122 cm³/mol. The van der Waals surface area contributed by atoms with Crippen molar-refractivity contribution in [2.24, 2.45) is 0 Å². The van der Waals surface area contributed by atoms with E-state index in [4.69, 9.17) is 18.9 Å². The third-order valence-corrected chi connectivity index (χ3v) is 4.71. The summed E-state index contributed by atoms with van der Waals surface area (Å²) in [5.74, 6) is 1.02. The van der Waals surface area contributed by atoms with E-state index in [1.54, 1.807) is 0 Å². The van der Waals surface area contributed by atoms with E-state index in [9.17, 15) is 4.79 Å². The Balaban J connectivity index is 3.08. The normalized spacial score (nSPS) is 11.0. The molecule has 0 radical (unpaired) electrons. The number of rotatable bonds is 23. The number of hydrogen-bond donors (Lipinski definition) is 2. The second-order valence-corrected chi connectivity index (χ2v) is 7.61. The molecule has 174 valence electrons. The number of unbranched alkanes of at least 4 members (excludes halogenated alkanes) is 9. The summed E-state index contributed by atoms with van der Waals surface area (Å²) in [6.45, 7) is 6.28. The van der Waals surface area contributed by atoms with Gasteiger partial charge in [-0.05, 0) is 25.0 Å². The van der Waals surface area contributed by atoms with Crippen molar-refractivity contribution in [2.75, 3.05) is 58.5 Å². The second-order valence-electron chi connectivity index (χ2n) is 7.16. The Kier molecular flexibility index (Phi) is 25.1. The molecule has 6 nitrogen and oxygen atoms in total. The van der Waals surface area contributed by atoms with Crippen LogP contribution in [0.25, 0.3) is 0 Å². The maximum atomic E-state index is 11.4. The zero-order chi connectivity index (χ0) is 21.3. The van der Waals surface area contributed by atoms with Gasteiger partial charge in [0.15, 0.2) is 0 Å². The molecule has 0 bridgehead atoms. The molecule has 0 aliphatic heterocycles. The number of alkyl carbamates (subject to hydrolysis) is 1. The Labute approximate surface area is 184 Å². The summed E-state index contributed by atoms with van der Waals surface area (Å²) in [6, 6.07) is 0. The van der Waals surface area contributed by atoms with Crippen molar-refractivity contribution in [1.29, 1.82) is 0 Å². The number of amides is 1. The molecule has 0 saturated carbocycles. The molecule has 0 heterocycles. The summed E-state index contributed by atoms with van der Waals surface area (Å²) in [4.78, 5) is 11.4. The minimum atomic E-state index is -0.432. The van der Waals surface area contributed by atoms with E-state index in [1.165, 1.54) is 57.8 Å². The first-order chi connectivity index (χ1) is 14.3. The van der Waals surface area contributed by atoms with Crippen molar-refractivity contribution >= 4 is 18.7 Å². The standard InChI is InChI=1S/C22H45NO5S/c1-2-14-25-16-13-23-22(24)28-20-19-27-18-17-26-15-11-9-7-5-3-4-6-8-10-12-21-29/h29H,2-21H2,1H3,(H,23,24). The van der Waals surface area contributed by atoms with E-state index in [2.05, 4.69) is 17.9 Å². The smallest absolute Gasteiger partial charge is 0.407 e. The summed E-state index contributed by atoms with van der Waals surface area (Å²) in [5.41, 5.74) is 0. The highest BCUT2D eigenvalue weighted by atomic mass is 32.1. The largest absolute Gasteiger partial charge is 0.447 e. The lowest BCUT2D eigenvalue weighted by Gasteiger charge is -2.08. The fraction of sp³-hybridized carbons (Fsp3) is 0.955. The van der Waals surface area contributed by atoms with Crippen LogP contribution in [0.4, 0.5) is 4.79 Å². The number of carbonyl (C=O) groups excluding carboxylic acids is 1. The van der Waals surface area contributed by atoms with Crippen molar-refractivity contribution in [3.8, 4) is 0 Å². The van der Waals surface area contributed by atoms with E-state index in [0.29, 0.717) is 39.6 Å². The van der Waals surface area contributed by atoms with Crippen molar-refractivity contribution in [3.63, 3.8) is 0 Å². The van der Waals surface area contributed by atoms with E-state index in [1.807, 2.05) is 6.92 Å². The number of hydrogen-bond acceptors (Lipinski definition) is 6. The van der Waals surface area contributed by atoms with Crippen LogP contribution in [0, 0.1) is 0 Å². The highest BCUT2D eigenvalue weighted by molar-refractivity contribution is 7.80. The molecule has 1 amide bonds. The Morgan fingerprint density at radius 2 is 1.17 bits per heavy atom. The van der Waals surface area contributed by atoms with E-state index >= 15 is 0 Å². The van der Waals surface area contributed by atoms with Crippen LogP contribution in [-0.4, -0.2) is 64.6 Å². The summed E-state index contributed by atoms with van der Waals surface area (Å²) in [7, 11) is 0. The van der Waals surface area contributed by atoms with Crippen LogP contribution in [0.5, 0.6) is 0 Å². The molecule has 0 aromatic carbocycles. The highest BCUT2D eigenvalue weighted by Crippen LogP contribution is 2.10. The lowest BCUT2D eigenvalue weighted by Crippen LogP contribution is -2.29. The number of ether oxygens (including phenoxy) is 4. The first-order valence-corrected chi connectivity index (χ1v) is 12.2. The van der Waals surface area contributed by atoms with Crippen LogP contribution in [0.2, 0.25) is 0 Å². The van der Waals surface area contributed by atoms with E-state index in [-0.39, 0.29) is 6.61 Å². The lowest BCUT2D eigenvalue weighted by molar-refractivity contribution is 0.0268. The Bertz CT molecular complexity index is 334. The van der Waals surface area contributed by atoms with Gasteiger partial charge in [-0.1, -0.05) is 58.3 Å². The minimum absolute atomic E-state index is 0.247. The summed E-state index contributed by atoms with van der Waals surface area (Å²) in [6.07, 6.45) is 13.6. The molecule has 0 spiro atoms. The van der Waals surface area contributed by atoms with Gasteiger partial charge in [0.1, 0.15) is 6.61 Å². The third-order valence-electron chi connectivity index (χ3n) is 4.39. The first kappa shape index (κ1) is 28.5. The van der Waals surface area contributed by atoms with Gasteiger partial charge in [0.25, 0.3) is 0 Å². The average molecular weight is 436 g/mol. The minimum Gasteiger partial charge on any atom is -0.447 e. The fourth-order valence-electron chi connectivity index (χ4n) is 2.77. The molecular formula is C22H45NO5S. The molecule has 0 aliphatic rings. The summed E-state index contributed by atoms with van der Waals surface area (Å²) in [5, 5.41) is 2.63. The number of nitrogens with one attached hydrogen (secondary N) is 1. The van der Waals surface area contributed by atoms with Gasteiger partial charge in [0, 0.05) is 19.8 Å². The molecular weight excluding hydrogens is 390 g/mol. The van der Waals surface area contributed by atoms with Crippen molar-refractivity contribution in [1.82, 2.24) is 5.32 Å². The van der Waals surface area contributed by atoms with Gasteiger partial charge >= 0.3 is 6.09 Å². The van der Waals surface area contributed by atoms with Crippen molar-refractivity contribution in [3.05, 3.63) is 0 Å². The molecule has 1 N–H and O–H groups in total. The third kappa shape index (κ3) is 25.5. The average Bonchev–Trinajstić information content (AvgIpc) is 2.72. The van der Waals surface area contributed by atoms with E-state index < -0.39 is 6.09 Å². The lowest BCUT2D eigenvalue weighted by atomic mass is 10.1. The molecule has 0 rings (SSSR count). The van der Waals surface area contributed by atoms with Gasteiger partial charge in [-0.3, -0.25) is 0 Å². The topological polar surface area (TPSA) is 66.0 Å². The Morgan fingerprint density at radius 3 is 1.79 bits per heavy atom. The van der Waals surface area contributed by atoms with Gasteiger partial charge in [0.05, 0.1) is 26.4 Å². The van der Waals surface area contributed by atoms with Gasteiger partial charge in [-0.15, -0.1) is 0 Å². The molecule has 7 heteroatoms. The summed E-state index contributed by atoms with van der Waals surface area (Å²) >= 11 is 4.24. The van der Waals surface area contributed by atoms with Crippen LogP contribution in [-0.2, 0) is 18.9 Å². The van der Waals surface area contributed by atoms with Crippen molar-refractivity contribution in [2.45, 2.75) is 77.6 Å². The predicted octanol–water partition coefficient (Wildman–Crippen LogP) is 5.00. The molecule has 0 aliphatic carbocycles. The highest BCUT2D eigenvalue weighted by Gasteiger charge is 2.00. The van der Waals surface area contributed by atoms with Gasteiger partial charge in [0.2, 0.25) is 0 Å². The van der Waals surface area contributed by atoms with E-state index in [0.717, 1.165) is 25.2 Å². The molecule has 0 saturated heterocycles. The van der Waals surface area contributed by atoms with Gasteiger partial charge < -0.3 is 24.3 Å². The summed E-state index contributed by atoms with van der Waals surface area (Å²) < 4.78 is 21.2. The SMILES string of the molecule is CCCOCCNC(=O)OCCOCCOCCCCCCCCCCCCS. The van der Waals surface area contributed by atoms with Gasteiger partial charge in [-0.25, -0.2) is 4.79 Å². The zero-order valence-electron chi connectivity index (χ0n) is 18.6. The molecule has 29 heavy (non-hydrogen) atoms. The molecule has 0 aromatic rings. The Morgan fingerprint density at radius 1 is 0.655 bits per heavy atom. The van der Waals surface area contributed by atoms with Crippen LogP contribution in [0.3, 0.4) is 0 Å². The first-order valence-electron chi connectivity index (χ1n) is 11.6. The Hall–Kier alpha value is -0.500. The molecule has 0 atom stereocenters. The van der Waals surface area contributed by atoms with Crippen LogP contribution in [0.1, 0.15) is 77.6 Å². The number of thiol groups is 1. The maximum absolute atomic E-state index is 11.4. The van der Waals surface area contributed by atoms with Gasteiger partial charge in [-0.2, -0.15) is 12.6 Å². The quantitative estimate of drug-likeness (QED) is 0.175. The zero-order valence-corrected chi connectivity index (χ0v) is 19.5. The van der Waals surface area contributed by atoms with Crippen molar-refractivity contribution < 1.29 is 23.7 Å².